The second-order valence-corrected chi connectivity index (χ2v) is 16.9. The average Bonchev–Trinajstić information content (AvgIpc) is 2.90. The van der Waals surface area contributed by atoms with Crippen LogP contribution in [0.4, 0.5) is 0 Å². The molecule has 0 aromatic rings. The minimum absolute atomic E-state index is 0.153. The maximum absolute atomic E-state index is 13.1. The van der Waals surface area contributed by atoms with Gasteiger partial charge in [0.2, 0.25) is 0 Å². The molecule has 1 aliphatic rings. The molecule has 1 saturated heterocycles. The van der Waals surface area contributed by atoms with E-state index in [2.05, 4.69) is 26.2 Å². The largest absolute Gasteiger partial charge is 0.348 e. The number of hydrogen-bond donors (Lipinski definition) is 0. The Morgan fingerprint density at radius 2 is 1.79 bits per heavy atom. The van der Waals surface area contributed by atoms with Crippen molar-refractivity contribution in [1.82, 2.24) is 0 Å². The van der Waals surface area contributed by atoms with Gasteiger partial charge >= 0.3 is 7.60 Å². The molecule has 0 aliphatic carbocycles. The van der Waals surface area contributed by atoms with E-state index in [4.69, 9.17) is 18.5 Å². The lowest BCUT2D eigenvalue weighted by Crippen LogP contribution is -2.34. The van der Waals surface area contributed by atoms with Crippen LogP contribution in [0.25, 0.3) is 0 Å². The molecule has 1 heterocycles. The Morgan fingerprint density at radius 3 is 2.18 bits per heavy atom. The van der Waals surface area contributed by atoms with Crippen molar-refractivity contribution in [3.63, 3.8) is 0 Å². The lowest BCUT2D eigenvalue weighted by molar-refractivity contribution is -0.144. The monoisotopic (exact) mass is 434 g/mol. The molecule has 1 fully saturated rings. The second-order valence-electron chi connectivity index (χ2n) is 9.09. The number of ether oxygens (including phenoxy) is 2. The van der Waals surface area contributed by atoms with E-state index in [1.165, 1.54) is 0 Å². The maximum atomic E-state index is 13.1. The molecule has 1 aliphatic heterocycles. The normalized spacial score (nSPS) is 22.1. The van der Waals surface area contributed by atoms with Crippen LogP contribution in [0.5, 0.6) is 0 Å². The van der Waals surface area contributed by atoms with E-state index >= 15 is 0 Å². The van der Waals surface area contributed by atoms with Gasteiger partial charge in [0, 0.05) is 20.4 Å². The lowest BCUT2D eigenvalue weighted by atomic mass is 9.89. The van der Waals surface area contributed by atoms with E-state index in [0.29, 0.717) is 6.61 Å². The fraction of sp³-hybridized carbons (Fsp3) is 0.850. The molecule has 0 saturated carbocycles. The van der Waals surface area contributed by atoms with Crippen LogP contribution in [0.3, 0.4) is 0 Å². The summed E-state index contributed by atoms with van der Waals surface area (Å²) in [6.45, 7) is 20.8. The Bertz CT molecular complexity index is 588. The van der Waals surface area contributed by atoms with E-state index in [1.54, 1.807) is 20.8 Å². The summed E-state index contributed by atoms with van der Waals surface area (Å²) in [5.41, 5.74) is 0.179. The van der Waals surface area contributed by atoms with Crippen molar-refractivity contribution in [3.8, 4) is 0 Å². The summed E-state index contributed by atoms with van der Waals surface area (Å²) in [5, 5.41) is 0. The minimum atomic E-state index is -3.49. The molecule has 8 heteroatoms. The zero-order valence-electron chi connectivity index (χ0n) is 18.9. The maximum Gasteiger partial charge on any atom is 0.340 e. The van der Waals surface area contributed by atoms with Crippen molar-refractivity contribution in [2.24, 2.45) is 5.92 Å². The van der Waals surface area contributed by atoms with E-state index in [9.17, 15) is 9.36 Å². The first-order valence-corrected chi connectivity index (χ1v) is 15.5. The Kier molecular flexibility index (Phi) is 9.32. The Hall–Kier alpha value is -0.303. The molecule has 0 radical (unpaired) electrons. The molecule has 0 N–H and O–H groups in total. The molecule has 0 bridgehead atoms. The standard InChI is InChI=1S/C20H39O6PSi/c1-10-24-27(22,25-11-2)16(4)18(21)12-17(15(3)14-28(7,8)9)19-13-23-20(5,6)26-19/h16-17,19H,3,10-14H2,1-2,4-9H3/t16?,17-,19-/m1/s1. The van der Waals surface area contributed by atoms with Crippen molar-refractivity contribution >= 4 is 21.5 Å². The third-order valence-corrected chi connectivity index (χ3v) is 8.73. The SMILES string of the molecule is C=C(C[Si](C)(C)C)[C@@H](CC(=O)C(C)P(=O)(OCC)OCC)[C@H]1COC(C)(C)O1. The van der Waals surface area contributed by atoms with E-state index in [1.807, 2.05) is 13.8 Å². The van der Waals surface area contributed by atoms with Gasteiger partial charge in [0.15, 0.2) is 5.79 Å². The first kappa shape index (κ1) is 25.7. The molecular weight excluding hydrogens is 395 g/mol. The van der Waals surface area contributed by atoms with Gasteiger partial charge in [-0.2, -0.15) is 0 Å². The van der Waals surface area contributed by atoms with Gasteiger partial charge in [-0.25, -0.2) is 0 Å². The Labute approximate surface area is 171 Å². The fourth-order valence-corrected chi connectivity index (χ4v) is 6.77. The summed E-state index contributed by atoms with van der Waals surface area (Å²) in [6.07, 6.45) is -0.0489. The summed E-state index contributed by atoms with van der Waals surface area (Å²) in [6, 6.07) is 0.897. The minimum Gasteiger partial charge on any atom is -0.348 e. The smallest absolute Gasteiger partial charge is 0.340 e. The lowest BCUT2D eigenvalue weighted by Gasteiger charge is -2.30. The number of Topliss-reactive ketones (excluding diaryl/α,β-unsaturated/α-hetero) is 1. The third kappa shape index (κ3) is 7.51. The predicted molar refractivity (Wildman–Crippen MR) is 116 cm³/mol. The summed E-state index contributed by atoms with van der Waals surface area (Å²) in [4.78, 5) is 13.1. The topological polar surface area (TPSA) is 71.1 Å². The number of ketones is 1. The summed E-state index contributed by atoms with van der Waals surface area (Å²) < 4.78 is 35.6. The summed E-state index contributed by atoms with van der Waals surface area (Å²) in [5.74, 6) is -1.01. The van der Waals surface area contributed by atoms with Crippen molar-refractivity contribution in [2.45, 2.75) is 84.3 Å². The average molecular weight is 435 g/mol. The van der Waals surface area contributed by atoms with Crippen LogP contribution in [0, 0.1) is 5.92 Å². The summed E-state index contributed by atoms with van der Waals surface area (Å²) >= 11 is 0. The van der Waals surface area contributed by atoms with E-state index in [-0.39, 0.29) is 37.4 Å². The molecule has 1 unspecified atom stereocenters. The highest BCUT2D eigenvalue weighted by Gasteiger charge is 2.43. The van der Waals surface area contributed by atoms with Gasteiger partial charge < -0.3 is 18.5 Å². The van der Waals surface area contributed by atoms with Crippen molar-refractivity contribution in [1.29, 1.82) is 0 Å². The molecule has 0 spiro atoms. The van der Waals surface area contributed by atoms with E-state index < -0.39 is 27.1 Å². The Balaban J connectivity index is 3.03. The molecule has 28 heavy (non-hydrogen) atoms. The number of hydrogen-bond acceptors (Lipinski definition) is 6. The van der Waals surface area contributed by atoms with Gasteiger partial charge in [0.1, 0.15) is 11.4 Å². The first-order chi connectivity index (χ1) is 12.7. The molecule has 3 atom stereocenters. The van der Waals surface area contributed by atoms with Crippen molar-refractivity contribution in [2.75, 3.05) is 19.8 Å². The molecule has 1 rings (SSSR count). The van der Waals surface area contributed by atoms with Crippen molar-refractivity contribution in [3.05, 3.63) is 12.2 Å². The molecular formula is C20H39O6PSi. The predicted octanol–water partition coefficient (Wildman–Crippen LogP) is 5.26. The molecule has 0 aromatic heterocycles. The van der Waals surface area contributed by atoms with Gasteiger partial charge in [0.05, 0.1) is 25.9 Å². The number of carbonyl (C=O) groups excluding carboxylic acids is 1. The van der Waals surface area contributed by atoms with Crippen LogP contribution in [0.15, 0.2) is 12.2 Å². The summed E-state index contributed by atoms with van der Waals surface area (Å²) in [7, 11) is -4.91. The highest BCUT2D eigenvalue weighted by Crippen LogP contribution is 2.53. The second kappa shape index (κ2) is 10.1. The van der Waals surface area contributed by atoms with Gasteiger partial charge in [-0.3, -0.25) is 9.36 Å². The van der Waals surface area contributed by atoms with Crippen LogP contribution in [0.2, 0.25) is 25.7 Å². The molecule has 0 amide bonds. The first-order valence-electron chi connectivity index (χ1n) is 10.2. The van der Waals surface area contributed by atoms with E-state index in [0.717, 1.165) is 11.6 Å². The van der Waals surface area contributed by atoms with Gasteiger partial charge in [-0.15, -0.1) is 0 Å². The van der Waals surface area contributed by atoms with Crippen LogP contribution in [-0.2, 0) is 27.9 Å². The van der Waals surface area contributed by atoms with Crippen LogP contribution in [-0.4, -0.2) is 51.2 Å². The fourth-order valence-electron chi connectivity index (χ4n) is 3.45. The number of rotatable bonds is 12. The van der Waals surface area contributed by atoms with Gasteiger partial charge in [0.25, 0.3) is 0 Å². The quantitative estimate of drug-likeness (QED) is 0.237. The highest BCUT2D eigenvalue weighted by atomic mass is 31.2. The van der Waals surface area contributed by atoms with Gasteiger partial charge in [-0.05, 0) is 40.7 Å². The highest BCUT2D eigenvalue weighted by molar-refractivity contribution is 7.55. The van der Waals surface area contributed by atoms with Gasteiger partial charge in [-0.1, -0.05) is 31.8 Å². The third-order valence-electron chi connectivity index (χ3n) is 4.74. The number of carbonyl (C=O) groups is 1. The zero-order valence-corrected chi connectivity index (χ0v) is 20.8. The van der Waals surface area contributed by atoms with Crippen molar-refractivity contribution < 1.29 is 27.9 Å². The Morgan fingerprint density at radius 1 is 1.25 bits per heavy atom. The van der Waals surface area contributed by atoms with Crippen LogP contribution < -0.4 is 0 Å². The molecule has 164 valence electrons. The van der Waals surface area contributed by atoms with Crippen LogP contribution in [0.1, 0.15) is 41.0 Å². The molecule has 0 aromatic carbocycles. The zero-order chi connectivity index (χ0) is 21.8. The van der Waals surface area contributed by atoms with Crippen LogP contribution >= 0.6 is 7.60 Å². The molecule has 6 nitrogen and oxygen atoms in total.